The SMILES string of the molecule is Cc1c(C(=O)OCc2cc3ccccc3nc2Cl)sc2nc3n(c(=O)c12)CCCCC3. The van der Waals surface area contributed by atoms with E-state index in [1.807, 2.05) is 30.3 Å². The molecular formula is C23H20ClN3O3S. The molecule has 4 aromatic rings. The van der Waals surface area contributed by atoms with E-state index < -0.39 is 5.97 Å². The van der Waals surface area contributed by atoms with E-state index in [1.165, 1.54) is 11.3 Å². The average Bonchev–Trinajstić information content (AvgIpc) is 2.93. The molecular weight excluding hydrogens is 434 g/mol. The van der Waals surface area contributed by atoms with Crippen LogP contribution in [0.25, 0.3) is 21.1 Å². The Hall–Kier alpha value is -2.77. The van der Waals surface area contributed by atoms with Crippen molar-refractivity contribution in [1.82, 2.24) is 14.5 Å². The fourth-order valence-electron chi connectivity index (χ4n) is 4.05. The van der Waals surface area contributed by atoms with Gasteiger partial charge < -0.3 is 4.74 Å². The summed E-state index contributed by atoms with van der Waals surface area (Å²) in [6, 6.07) is 9.50. The second-order valence-corrected chi connectivity index (χ2v) is 9.10. The molecule has 0 unspecified atom stereocenters. The van der Waals surface area contributed by atoms with Gasteiger partial charge in [0.2, 0.25) is 0 Å². The molecule has 4 heterocycles. The number of carbonyl (C=O) groups excluding carboxylic acids is 1. The van der Waals surface area contributed by atoms with Crippen molar-refractivity contribution in [3.05, 3.63) is 67.7 Å². The van der Waals surface area contributed by atoms with Crippen molar-refractivity contribution in [1.29, 1.82) is 0 Å². The van der Waals surface area contributed by atoms with Gasteiger partial charge in [-0.25, -0.2) is 14.8 Å². The van der Waals surface area contributed by atoms with E-state index >= 15 is 0 Å². The maximum absolute atomic E-state index is 13.1. The first-order valence-electron chi connectivity index (χ1n) is 10.3. The highest BCUT2D eigenvalue weighted by atomic mass is 35.5. The van der Waals surface area contributed by atoms with Crippen LogP contribution in [0, 0.1) is 6.92 Å². The largest absolute Gasteiger partial charge is 0.457 e. The summed E-state index contributed by atoms with van der Waals surface area (Å²) in [6.45, 7) is 2.47. The van der Waals surface area contributed by atoms with Crippen LogP contribution in [0.1, 0.15) is 45.9 Å². The van der Waals surface area contributed by atoms with Gasteiger partial charge in [-0.05, 0) is 37.5 Å². The maximum atomic E-state index is 13.1. The van der Waals surface area contributed by atoms with Crippen LogP contribution in [0.15, 0.2) is 35.1 Å². The molecule has 0 spiro atoms. The van der Waals surface area contributed by atoms with Gasteiger partial charge in [-0.1, -0.05) is 36.2 Å². The van der Waals surface area contributed by atoms with Gasteiger partial charge in [0.1, 0.15) is 27.3 Å². The molecule has 6 nitrogen and oxygen atoms in total. The van der Waals surface area contributed by atoms with Crippen molar-refractivity contribution in [3.63, 3.8) is 0 Å². The van der Waals surface area contributed by atoms with Crippen molar-refractivity contribution in [2.24, 2.45) is 0 Å². The second kappa shape index (κ2) is 8.05. The number of ether oxygens (including phenoxy) is 1. The van der Waals surface area contributed by atoms with E-state index in [2.05, 4.69) is 4.98 Å². The molecule has 0 atom stereocenters. The molecule has 5 rings (SSSR count). The quantitative estimate of drug-likeness (QED) is 0.320. The summed E-state index contributed by atoms with van der Waals surface area (Å²) in [5.74, 6) is 0.328. The summed E-state index contributed by atoms with van der Waals surface area (Å²) in [5, 5.41) is 1.76. The second-order valence-electron chi connectivity index (χ2n) is 7.74. The smallest absolute Gasteiger partial charge is 0.349 e. The first-order valence-corrected chi connectivity index (χ1v) is 11.5. The summed E-state index contributed by atoms with van der Waals surface area (Å²) in [4.78, 5) is 36.0. The number of rotatable bonds is 3. The van der Waals surface area contributed by atoms with Crippen LogP contribution in [0.3, 0.4) is 0 Å². The number of halogens is 1. The fraction of sp³-hybridized carbons (Fsp3) is 0.304. The zero-order valence-electron chi connectivity index (χ0n) is 17.0. The van der Waals surface area contributed by atoms with Crippen LogP contribution >= 0.6 is 22.9 Å². The monoisotopic (exact) mass is 453 g/mol. The molecule has 8 heteroatoms. The number of nitrogens with zero attached hydrogens (tertiary/aromatic N) is 3. The summed E-state index contributed by atoms with van der Waals surface area (Å²) in [7, 11) is 0. The zero-order chi connectivity index (χ0) is 21.5. The van der Waals surface area contributed by atoms with Crippen LogP contribution < -0.4 is 5.56 Å². The van der Waals surface area contributed by atoms with Crippen molar-refractivity contribution >= 4 is 50.0 Å². The number of para-hydroxylation sites is 1. The first kappa shape index (κ1) is 20.2. The molecule has 0 N–H and O–H groups in total. The van der Waals surface area contributed by atoms with Gasteiger partial charge in [-0.15, -0.1) is 11.3 Å². The third-order valence-corrected chi connectivity index (χ3v) is 7.20. The minimum Gasteiger partial charge on any atom is -0.457 e. The molecule has 0 aliphatic carbocycles. The molecule has 3 aromatic heterocycles. The van der Waals surface area contributed by atoms with Crippen LogP contribution in [0.2, 0.25) is 5.15 Å². The van der Waals surface area contributed by atoms with Gasteiger partial charge in [0.05, 0.1) is 10.9 Å². The standard InChI is InChI=1S/C23H20ClN3O3S/c1-13-18-21(26-17-9-3-2-6-10-27(17)22(18)28)31-19(13)23(29)30-12-15-11-14-7-4-5-8-16(14)25-20(15)24/h4-5,7-8,11H,2-3,6,9-10,12H2,1H3. The minimum absolute atomic E-state index is 0.00605. The minimum atomic E-state index is -0.482. The van der Waals surface area contributed by atoms with Crippen molar-refractivity contribution in [3.8, 4) is 0 Å². The zero-order valence-corrected chi connectivity index (χ0v) is 18.6. The molecule has 0 saturated carbocycles. The Bertz CT molecular complexity index is 1390. The lowest BCUT2D eigenvalue weighted by atomic mass is 10.2. The number of hydrogen-bond donors (Lipinski definition) is 0. The highest BCUT2D eigenvalue weighted by molar-refractivity contribution is 7.20. The van der Waals surface area contributed by atoms with Crippen LogP contribution in [-0.4, -0.2) is 20.5 Å². The lowest BCUT2D eigenvalue weighted by Crippen LogP contribution is -2.24. The Morgan fingerprint density at radius 1 is 1.23 bits per heavy atom. The lowest BCUT2D eigenvalue weighted by molar-refractivity contribution is 0.0478. The van der Waals surface area contributed by atoms with Crippen LogP contribution in [0.4, 0.5) is 0 Å². The van der Waals surface area contributed by atoms with Crippen molar-refractivity contribution in [2.75, 3.05) is 0 Å². The number of carbonyl (C=O) groups is 1. The highest BCUT2D eigenvalue weighted by Gasteiger charge is 2.23. The molecule has 0 amide bonds. The predicted molar refractivity (Wildman–Crippen MR) is 122 cm³/mol. The Morgan fingerprint density at radius 3 is 2.94 bits per heavy atom. The maximum Gasteiger partial charge on any atom is 0.349 e. The number of thiophene rings is 1. The number of fused-ring (bicyclic) bond motifs is 3. The summed E-state index contributed by atoms with van der Waals surface area (Å²) >= 11 is 7.50. The Balaban J connectivity index is 1.45. The van der Waals surface area contributed by atoms with E-state index in [-0.39, 0.29) is 12.2 Å². The number of aryl methyl sites for hydroxylation is 2. The molecule has 1 aliphatic rings. The Labute approximate surface area is 187 Å². The third kappa shape index (κ3) is 3.62. The van der Waals surface area contributed by atoms with Gasteiger partial charge in [0.25, 0.3) is 5.56 Å². The van der Waals surface area contributed by atoms with E-state index in [0.29, 0.717) is 37.9 Å². The van der Waals surface area contributed by atoms with E-state index in [9.17, 15) is 9.59 Å². The first-order chi connectivity index (χ1) is 15.0. The Kier molecular flexibility index (Phi) is 5.24. The molecule has 1 aliphatic heterocycles. The molecule has 0 fully saturated rings. The fourth-order valence-corrected chi connectivity index (χ4v) is 5.34. The third-order valence-electron chi connectivity index (χ3n) is 5.71. The predicted octanol–water partition coefficient (Wildman–Crippen LogP) is 5.05. The van der Waals surface area contributed by atoms with Crippen molar-refractivity contribution in [2.45, 2.75) is 45.8 Å². The number of benzene rings is 1. The molecule has 0 radical (unpaired) electrons. The van der Waals surface area contributed by atoms with Gasteiger partial charge in [0.15, 0.2) is 0 Å². The number of esters is 1. The number of aromatic nitrogens is 3. The molecule has 158 valence electrons. The normalized spacial score (nSPS) is 13.9. The summed E-state index contributed by atoms with van der Waals surface area (Å²) < 4.78 is 7.32. The van der Waals surface area contributed by atoms with E-state index in [4.69, 9.17) is 21.3 Å². The van der Waals surface area contributed by atoms with Gasteiger partial charge >= 0.3 is 5.97 Å². The van der Waals surface area contributed by atoms with E-state index in [0.717, 1.165) is 42.4 Å². The molecule has 0 saturated heterocycles. The molecule has 1 aromatic carbocycles. The van der Waals surface area contributed by atoms with Crippen molar-refractivity contribution < 1.29 is 9.53 Å². The Morgan fingerprint density at radius 2 is 2.06 bits per heavy atom. The van der Waals surface area contributed by atoms with Gasteiger partial charge in [0, 0.05) is 23.9 Å². The topological polar surface area (TPSA) is 74.1 Å². The molecule has 0 bridgehead atoms. The highest BCUT2D eigenvalue weighted by Crippen LogP contribution is 2.29. The van der Waals surface area contributed by atoms with E-state index in [1.54, 1.807) is 11.5 Å². The number of hydrogen-bond acceptors (Lipinski definition) is 6. The summed E-state index contributed by atoms with van der Waals surface area (Å²) in [6.07, 6.45) is 3.88. The van der Waals surface area contributed by atoms with Gasteiger partial charge in [-0.2, -0.15) is 0 Å². The summed E-state index contributed by atoms with van der Waals surface area (Å²) in [5.41, 5.74) is 1.99. The average molecular weight is 454 g/mol. The molecule has 31 heavy (non-hydrogen) atoms. The number of pyridine rings is 1. The van der Waals surface area contributed by atoms with Crippen LogP contribution in [0.5, 0.6) is 0 Å². The van der Waals surface area contributed by atoms with Crippen LogP contribution in [-0.2, 0) is 24.3 Å². The van der Waals surface area contributed by atoms with Gasteiger partial charge in [-0.3, -0.25) is 9.36 Å². The lowest BCUT2D eigenvalue weighted by Gasteiger charge is -2.08.